The van der Waals surface area contributed by atoms with Gasteiger partial charge in [0.25, 0.3) is 0 Å². The summed E-state index contributed by atoms with van der Waals surface area (Å²) in [4.78, 5) is 11.8. The molecule has 1 N–H and O–H groups in total. The van der Waals surface area contributed by atoms with Crippen LogP contribution in [0.3, 0.4) is 0 Å². The molecule has 0 aromatic carbocycles. The molecule has 0 spiro atoms. The first-order valence-electron chi connectivity index (χ1n) is 4.83. The van der Waals surface area contributed by atoms with Crippen molar-refractivity contribution in [2.45, 2.75) is 25.7 Å². The van der Waals surface area contributed by atoms with Crippen molar-refractivity contribution in [3.05, 3.63) is 16.3 Å². The van der Waals surface area contributed by atoms with Crippen LogP contribution in [-0.4, -0.2) is 33.6 Å². The summed E-state index contributed by atoms with van der Waals surface area (Å²) in [6, 6.07) is 0. The van der Waals surface area contributed by atoms with Gasteiger partial charge in [-0.2, -0.15) is 5.10 Å². The number of aromatic nitrogens is 3. The molecular formula is C8H12N4O2. The lowest BCUT2D eigenvalue weighted by Gasteiger charge is -2.11. The number of nitrogens with one attached hydrogen (secondary N) is 1. The van der Waals surface area contributed by atoms with Gasteiger partial charge in [0.1, 0.15) is 11.9 Å². The van der Waals surface area contributed by atoms with Gasteiger partial charge in [-0.3, -0.25) is 4.57 Å². The Bertz CT molecular complexity index is 404. The quantitative estimate of drug-likeness (QED) is 0.588. The number of fused-ring (bicyclic) bond motifs is 1. The SMILES string of the molecule is O=c1n(CC2CO2)nc2n1CCNC2. The Morgan fingerprint density at radius 2 is 2.50 bits per heavy atom. The van der Waals surface area contributed by atoms with Gasteiger partial charge in [0.15, 0.2) is 0 Å². The lowest BCUT2D eigenvalue weighted by Crippen LogP contribution is -2.34. The third-order valence-corrected chi connectivity index (χ3v) is 2.57. The normalized spacial score (nSPS) is 24.7. The van der Waals surface area contributed by atoms with E-state index < -0.39 is 0 Å². The van der Waals surface area contributed by atoms with E-state index in [1.54, 1.807) is 4.57 Å². The Hall–Kier alpha value is -1.14. The van der Waals surface area contributed by atoms with Crippen LogP contribution in [0.5, 0.6) is 0 Å². The van der Waals surface area contributed by atoms with Crippen LogP contribution in [0, 0.1) is 0 Å². The van der Waals surface area contributed by atoms with Crippen molar-refractivity contribution >= 4 is 0 Å². The van der Waals surface area contributed by atoms with Gasteiger partial charge in [-0.05, 0) is 0 Å². The molecule has 1 aromatic rings. The standard InChI is InChI=1S/C8H12N4O2/c13-8-11-2-1-9-3-7(11)10-12(8)4-6-5-14-6/h6,9H,1-5H2. The van der Waals surface area contributed by atoms with E-state index in [4.69, 9.17) is 4.74 Å². The number of hydrogen-bond acceptors (Lipinski definition) is 4. The van der Waals surface area contributed by atoms with E-state index in [9.17, 15) is 4.79 Å². The molecule has 1 fully saturated rings. The summed E-state index contributed by atoms with van der Waals surface area (Å²) in [6.45, 7) is 3.61. The fourth-order valence-electron chi connectivity index (χ4n) is 1.72. The molecule has 0 amide bonds. The van der Waals surface area contributed by atoms with Gasteiger partial charge >= 0.3 is 5.69 Å². The van der Waals surface area contributed by atoms with E-state index in [1.165, 1.54) is 4.68 Å². The Morgan fingerprint density at radius 3 is 3.21 bits per heavy atom. The molecule has 0 saturated carbocycles. The highest BCUT2D eigenvalue weighted by molar-refractivity contribution is 4.91. The molecule has 0 radical (unpaired) electrons. The Morgan fingerprint density at radius 1 is 1.64 bits per heavy atom. The lowest BCUT2D eigenvalue weighted by molar-refractivity contribution is 0.369. The Balaban J connectivity index is 1.95. The van der Waals surface area contributed by atoms with Crippen LogP contribution >= 0.6 is 0 Å². The van der Waals surface area contributed by atoms with Crippen molar-refractivity contribution in [3.63, 3.8) is 0 Å². The van der Waals surface area contributed by atoms with Gasteiger partial charge in [-0.1, -0.05) is 0 Å². The van der Waals surface area contributed by atoms with Crippen LogP contribution in [0.4, 0.5) is 0 Å². The zero-order valence-corrected chi connectivity index (χ0v) is 7.77. The van der Waals surface area contributed by atoms with Crippen molar-refractivity contribution in [1.82, 2.24) is 19.7 Å². The average molecular weight is 196 g/mol. The molecular weight excluding hydrogens is 184 g/mol. The summed E-state index contributed by atoms with van der Waals surface area (Å²) in [6.07, 6.45) is 0.206. The molecule has 14 heavy (non-hydrogen) atoms. The minimum Gasteiger partial charge on any atom is -0.371 e. The number of rotatable bonds is 2. The molecule has 3 heterocycles. The molecule has 6 heteroatoms. The third-order valence-electron chi connectivity index (χ3n) is 2.57. The largest absolute Gasteiger partial charge is 0.371 e. The Kier molecular flexibility index (Phi) is 1.71. The molecule has 2 aliphatic rings. The average Bonchev–Trinajstić information content (AvgIpc) is 2.95. The predicted molar refractivity (Wildman–Crippen MR) is 47.9 cm³/mol. The molecule has 2 aliphatic heterocycles. The predicted octanol–water partition coefficient (Wildman–Crippen LogP) is -1.45. The number of ether oxygens (including phenoxy) is 1. The van der Waals surface area contributed by atoms with Gasteiger partial charge < -0.3 is 10.1 Å². The highest BCUT2D eigenvalue weighted by atomic mass is 16.6. The highest BCUT2D eigenvalue weighted by Crippen LogP contribution is 2.10. The first-order chi connectivity index (χ1) is 6.84. The smallest absolute Gasteiger partial charge is 0.346 e. The third kappa shape index (κ3) is 1.27. The molecule has 6 nitrogen and oxygen atoms in total. The van der Waals surface area contributed by atoms with Crippen molar-refractivity contribution in [3.8, 4) is 0 Å². The van der Waals surface area contributed by atoms with Crippen LogP contribution < -0.4 is 11.0 Å². The van der Waals surface area contributed by atoms with Crippen molar-refractivity contribution in [2.75, 3.05) is 13.2 Å². The summed E-state index contributed by atoms with van der Waals surface area (Å²) in [5.41, 5.74) is -0.00278. The summed E-state index contributed by atoms with van der Waals surface area (Å²) in [7, 11) is 0. The molecule has 0 bridgehead atoms. The fraction of sp³-hybridized carbons (Fsp3) is 0.750. The monoisotopic (exact) mass is 196 g/mol. The molecule has 3 rings (SSSR count). The van der Waals surface area contributed by atoms with Crippen molar-refractivity contribution in [1.29, 1.82) is 0 Å². The summed E-state index contributed by atoms with van der Waals surface area (Å²) in [5, 5.41) is 7.44. The summed E-state index contributed by atoms with van der Waals surface area (Å²) in [5.74, 6) is 0.835. The van der Waals surface area contributed by atoms with E-state index in [0.29, 0.717) is 13.1 Å². The molecule has 76 valence electrons. The van der Waals surface area contributed by atoms with E-state index in [-0.39, 0.29) is 11.8 Å². The minimum atomic E-state index is -0.00278. The highest BCUT2D eigenvalue weighted by Gasteiger charge is 2.26. The van der Waals surface area contributed by atoms with Crippen LogP contribution in [0.1, 0.15) is 5.82 Å². The second kappa shape index (κ2) is 2.93. The molecule has 1 unspecified atom stereocenters. The van der Waals surface area contributed by atoms with Gasteiger partial charge in [0.2, 0.25) is 0 Å². The zero-order valence-electron chi connectivity index (χ0n) is 7.77. The summed E-state index contributed by atoms with van der Waals surface area (Å²) < 4.78 is 8.32. The van der Waals surface area contributed by atoms with E-state index in [1.807, 2.05) is 0 Å². The fourth-order valence-corrected chi connectivity index (χ4v) is 1.72. The molecule has 1 atom stereocenters. The van der Waals surface area contributed by atoms with E-state index >= 15 is 0 Å². The maximum absolute atomic E-state index is 11.8. The van der Waals surface area contributed by atoms with Crippen molar-refractivity contribution < 1.29 is 4.74 Å². The second-order valence-electron chi connectivity index (χ2n) is 3.66. The number of hydrogen-bond donors (Lipinski definition) is 1. The maximum Gasteiger partial charge on any atom is 0.346 e. The first kappa shape index (κ1) is 8.19. The van der Waals surface area contributed by atoms with Gasteiger partial charge in [-0.15, -0.1) is 0 Å². The van der Waals surface area contributed by atoms with Crippen LogP contribution in [0.2, 0.25) is 0 Å². The molecule has 0 aliphatic carbocycles. The second-order valence-corrected chi connectivity index (χ2v) is 3.66. The van der Waals surface area contributed by atoms with Gasteiger partial charge in [0.05, 0.1) is 19.7 Å². The molecule has 1 aromatic heterocycles. The topological polar surface area (TPSA) is 64.4 Å². The van der Waals surface area contributed by atoms with Crippen molar-refractivity contribution in [2.24, 2.45) is 0 Å². The van der Waals surface area contributed by atoms with Gasteiger partial charge in [-0.25, -0.2) is 9.48 Å². The van der Waals surface area contributed by atoms with Crippen LogP contribution in [-0.2, 0) is 24.4 Å². The molecule has 1 saturated heterocycles. The number of epoxide rings is 1. The van der Waals surface area contributed by atoms with E-state index in [2.05, 4.69) is 10.4 Å². The minimum absolute atomic E-state index is 0.00278. The lowest BCUT2D eigenvalue weighted by atomic mass is 10.4. The zero-order chi connectivity index (χ0) is 9.54. The van der Waals surface area contributed by atoms with Gasteiger partial charge in [0, 0.05) is 13.1 Å². The first-order valence-corrected chi connectivity index (χ1v) is 4.83. The van der Waals surface area contributed by atoms with E-state index in [0.717, 1.165) is 25.5 Å². The maximum atomic E-state index is 11.8. The van der Waals surface area contributed by atoms with Crippen LogP contribution in [0.15, 0.2) is 4.79 Å². The number of nitrogens with zero attached hydrogens (tertiary/aromatic N) is 3. The Labute approximate surface area is 80.5 Å². The summed E-state index contributed by atoms with van der Waals surface area (Å²) >= 11 is 0. The van der Waals surface area contributed by atoms with Crippen LogP contribution in [0.25, 0.3) is 0 Å².